The molecule has 3 aromatic rings. The van der Waals surface area contributed by atoms with Crippen molar-refractivity contribution in [2.24, 2.45) is 0 Å². The van der Waals surface area contributed by atoms with Crippen molar-refractivity contribution in [1.29, 1.82) is 0 Å². The minimum absolute atomic E-state index is 0.268. The Morgan fingerprint density at radius 1 is 0.975 bits per heavy atom. The Balaban J connectivity index is 1.24. The zero-order valence-corrected chi connectivity index (χ0v) is 23.7. The highest BCUT2D eigenvalue weighted by molar-refractivity contribution is 5.97. The number of rotatable bonds is 6. The van der Waals surface area contributed by atoms with E-state index in [0.717, 1.165) is 95.4 Å². The van der Waals surface area contributed by atoms with Crippen molar-refractivity contribution in [3.8, 4) is 11.1 Å². The van der Waals surface area contributed by atoms with E-state index in [-0.39, 0.29) is 11.9 Å². The standard InChI is InChI=1S/C30H41FN8O/c1-3-26-30(34-20-8-16-40-17-9-20)36-27-24(19-33-29(32)28(27)35-26)23-5-4-22(18-25(23)31)38-10-6-21(7-11-38)39-14-12-37(2)13-15-39/h4-5,18-21H,3,6-17H2,1-2H3,(H2,32,33)(H,34,36). The van der Waals surface area contributed by atoms with Crippen LogP contribution < -0.4 is 16.0 Å². The van der Waals surface area contributed by atoms with E-state index in [9.17, 15) is 0 Å². The van der Waals surface area contributed by atoms with Gasteiger partial charge in [-0.25, -0.2) is 19.3 Å². The number of anilines is 3. The van der Waals surface area contributed by atoms with Crippen LogP contribution in [0.2, 0.25) is 0 Å². The molecule has 0 aliphatic carbocycles. The number of hydrogen-bond acceptors (Lipinski definition) is 9. The van der Waals surface area contributed by atoms with Gasteiger partial charge in [-0.15, -0.1) is 0 Å². The molecule has 40 heavy (non-hydrogen) atoms. The number of nitrogen functional groups attached to an aromatic ring is 1. The van der Waals surface area contributed by atoms with Crippen LogP contribution in [0.25, 0.3) is 22.2 Å². The maximum atomic E-state index is 15.8. The zero-order valence-electron chi connectivity index (χ0n) is 23.7. The summed E-state index contributed by atoms with van der Waals surface area (Å²) in [5, 5.41) is 3.57. The number of halogens is 1. The summed E-state index contributed by atoms with van der Waals surface area (Å²) < 4.78 is 21.3. The monoisotopic (exact) mass is 548 g/mol. The van der Waals surface area contributed by atoms with Crippen molar-refractivity contribution in [3.63, 3.8) is 0 Å². The topological polar surface area (TPSA) is 95.7 Å². The summed E-state index contributed by atoms with van der Waals surface area (Å²) in [6.45, 7) is 9.94. The molecule has 214 valence electrons. The second kappa shape index (κ2) is 11.8. The lowest BCUT2D eigenvalue weighted by molar-refractivity contribution is 0.0903. The lowest BCUT2D eigenvalue weighted by Crippen LogP contribution is -2.52. The lowest BCUT2D eigenvalue weighted by atomic mass is 10.0. The second-order valence-corrected chi connectivity index (χ2v) is 11.4. The fraction of sp³-hybridized carbons (Fsp3) is 0.567. The number of piperazine rings is 1. The molecule has 3 fully saturated rings. The molecule has 0 amide bonds. The molecular formula is C30H41FN8O. The van der Waals surface area contributed by atoms with Gasteiger partial charge in [0.05, 0.1) is 5.69 Å². The Kier molecular flexibility index (Phi) is 8.00. The van der Waals surface area contributed by atoms with Crippen LogP contribution in [-0.2, 0) is 11.2 Å². The van der Waals surface area contributed by atoms with Gasteiger partial charge in [-0.05, 0) is 57.4 Å². The number of piperidine rings is 1. The van der Waals surface area contributed by atoms with Crippen molar-refractivity contribution in [2.75, 3.05) is 75.5 Å². The molecule has 9 nitrogen and oxygen atoms in total. The molecule has 0 bridgehead atoms. The molecule has 0 atom stereocenters. The van der Waals surface area contributed by atoms with Crippen LogP contribution in [0, 0.1) is 5.82 Å². The first-order valence-electron chi connectivity index (χ1n) is 14.8. The highest BCUT2D eigenvalue weighted by Gasteiger charge is 2.27. The number of aromatic nitrogens is 3. The van der Waals surface area contributed by atoms with Crippen molar-refractivity contribution < 1.29 is 9.13 Å². The molecule has 2 aromatic heterocycles. The number of pyridine rings is 1. The summed E-state index contributed by atoms with van der Waals surface area (Å²) in [6, 6.07) is 6.42. The Morgan fingerprint density at radius 2 is 1.73 bits per heavy atom. The molecule has 3 saturated heterocycles. The number of fused-ring (bicyclic) bond motifs is 1. The third-order valence-corrected chi connectivity index (χ3v) is 8.82. The molecule has 10 heteroatoms. The van der Waals surface area contributed by atoms with E-state index in [4.69, 9.17) is 20.4 Å². The predicted molar refractivity (Wildman–Crippen MR) is 158 cm³/mol. The number of ether oxygens (including phenoxy) is 1. The first-order chi connectivity index (χ1) is 19.5. The van der Waals surface area contributed by atoms with E-state index >= 15 is 4.39 Å². The Hall–Kier alpha value is -3.08. The van der Waals surface area contributed by atoms with E-state index in [0.29, 0.717) is 40.4 Å². The number of nitrogens with one attached hydrogen (secondary N) is 1. The van der Waals surface area contributed by atoms with Crippen molar-refractivity contribution in [3.05, 3.63) is 35.9 Å². The summed E-state index contributed by atoms with van der Waals surface area (Å²) in [7, 11) is 2.19. The van der Waals surface area contributed by atoms with Crippen LogP contribution in [0.15, 0.2) is 24.4 Å². The van der Waals surface area contributed by atoms with Gasteiger partial charge in [-0.2, -0.15) is 0 Å². The van der Waals surface area contributed by atoms with Crippen LogP contribution in [0.1, 0.15) is 38.3 Å². The average molecular weight is 549 g/mol. The van der Waals surface area contributed by atoms with Crippen molar-refractivity contribution in [2.45, 2.75) is 51.1 Å². The number of hydrogen-bond donors (Lipinski definition) is 2. The first kappa shape index (κ1) is 27.1. The van der Waals surface area contributed by atoms with E-state index in [1.807, 2.05) is 19.1 Å². The number of nitrogens with zero attached hydrogens (tertiary/aromatic N) is 6. The molecular weight excluding hydrogens is 507 g/mol. The summed E-state index contributed by atoms with van der Waals surface area (Å²) in [5.74, 6) is 0.750. The highest BCUT2D eigenvalue weighted by Crippen LogP contribution is 2.34. The van der Waals surface area contributed by atoms with Gasteiger partial charge in [0, 0.05) is 87.6 Å². The van der Waals surface area contributed by atoms with Gasteiger partial charge in [0.15, 0.2) is 5.82 Å². The van der Waals surface area contributed by atoms with Crippen LogP contribution in [0.3, 0.4) is 0 Å². The highest BCUT2D eigenvalue weighted by atomic mass is 19.1. The summed E-state index contributed by atoms with van der Waals surface area (Å²) >= 11 is 0. The number of aryl methyl sites for hydroxylation is 1. The SMILES string of the molecule is CCc1nc2c(N)ncc(-c3ccc(N4CCC(N5CCN(C)CC5)CC4)cc3F)c2nc1NC1CCOCC1. The first-order valence-corrected chi connectivity index (χ1v) is 14.8. The van der Waals surface area contributed by atoms with Crippen LogP contribution in [0.4, 0.5) is 21.7 Å². The van der Waals surface area contributed by atoms with E-state index in [1.165, 1.54) is 0 Å². The second-order valence-electron chi connectivity index (χ2n) is 11.4. The molecule has 0 saturated carbocycles. The lowest BCUT2D eigenvalue weighted by Gasteiger charge is -2.42. The molecule has 3 aliphatic rings. The van der Waals surface area contributed by atoms with Gasteiger partial charge in [0.2, 0.25) is 0 Å². The minimum Gasteiger partial charge on any atom is -0.382 e. The molecule has 5 heterocycles. The van der Waals surface area contributed by atoms with Gasteiger partial charge in [-0.1, -0.05) is 6.92 Å². The van der Waals surface area contributed by atoms with Gasteiger partial charge in [-0.3, -0.25) is 4.90 Å². The van der Waals surface area contributed by atoms with Crippen LogP contribution in [0.5, 0.6) is 0 Å². The van der Waals surface area contributed by atoms with Crippen molar-refractivity contribution in [1.82, 2.24) is 24.8 Å². The smallest absolute Gasteiger partial charge is 0.151 e. The van der Waals surface area contributed by atoms with E-state index in [1.54, 1.807) is 12.3 Å². The predicted octanol–water partition coefficient (Wildman–Crippen LogP) is 3.78. The van der Waals surface area contributed by atoms with Crippen LogP contribution >= 0.6 is 0 Å². The summed E-state index contributed by atoms with van der Waals surface area (Å²) in [4.78, 5) is 21.5. The molecule has 0 radical (unpaired) electrons. The molecule has 3 aliphatic heterocycles. The number of nitrogens with two attached hydrogens (primary N) is 1. The van der Waals surface area contributed by atoms with Crippen molar-refractivity contribution >= 4 is 28.4 Å². The fourth-order valence-electron chi connectivity index (χ4n) is 6.28. The number of likely N-dealkylation sites (N-methyl/N-ethyl adjacent to an activating group) is 1. The maximum Gasteiger partial charge on any atom is 0.151 e. The third-order valence-electron chi connectivity index (χ3n) is 8.82. The molecule has 1 aromatic carbocycles. The average Bonchev–Trinajstić information content (AvgIpc) is 2.98. The fourth-order valence-corrected chi connectivity index (χ4v) is 6.28. The largest absolute Gasteiger partial charge is 0.382 e. The molecule has 3 N–H and O–H groups in total. The quantitative estimate of drug-likeness (QED) is 0.477. The number of benzene rings is 1. The molecule has 0 unspecified atom stereocenters. The Labute approximate surface area is 235 Å². The Morgan fingerprint density at radius 3 is 2.42 bits per heavy atom. The zero-order chi connectivity index (χ0) is 27.6. The minimum atomic E-state index is -0.285. The molecule has 0 spiro atoms. The van der Waals surface area contributed by atoms with E-state index in [2.05, 4.69) is 32.0 Å². The van der Waals surface area contributed by atoms with Gasteiger partial charge < -0.3 is 25.6 Å². The Bertz CT molecular complexity index is 1330. The third kappa shape index (κ3) is 5.57. The summed E-state index contributed by atoms with van der Waals surface area (Å²) in [6.07, 6.45) is 6.37. The maximum absolute atomic E-state index is 15.8. The van der Waals surface area contributed by atoms with Crippen LogP contribution in [-0.4, -0.2) is 96.4 Å². The van der Waals surface area contributed by atoms with Gasteiger partial charge >= 0.3 is 0 Å². The van der Waals surface area contributed by atoms with Gasteiger partial charge in [0.25, 0.3) is 0 Å². The van der Waals surface area contributed by atoms with E-state index < -0.39 is 0 Å². The molecule has 6 rings (SSSR count). The van der Waals surface area contributed by atoms with Gasteiger partial charge in [0.1, 0.15) is 22.7 Å². The summed E-state index contributed by atoms with van der Waals surface area (Å²) in [5.41, 5.74) is 10.1. The normalized spacial score (nSPS) is 20.3.